The molecule has 2 N–H and O–H groups in total. The van der Waals surface area contributed by atoms with Crippen molar-refractivity contribution in [2.75, 3.05) is 6.54 Å². The molecule has 0 bridgehead atoms. The standard InChI is InChI=1S/C9H21NO/c1-8(2,3)10-7-6-9(4,5)11/h10-11H,6-7H2,1-5H3. The van der Waals surface area contributed by atoms with Gasteiger partial charge in [0.2, 0.25) is 0 Å². The second-order valence-corrected chi connectivity index (χ2v) is 4.74. The molecule has 0 aliphatic carbocycles. The number of aliphatic hydroxyl groups is 1. The van der Waals surface area contributed by atoms with E-state index in [1.165, 1.54) is 0 Å². The van der Waals surface area contributed by atoms with Gasteiger partial charge in [-0.15, -0.1) is 0 Å². The van der Waals surface area contributed by atoms with Crippen molar-refractivity contribution in [2.24, 2.45) is 0 Å². The Kier molecular flexibility index (Phi) is 3.52. The summed E-state index contributed by atoms with van der Waals surface area (Å²) in [6.07, 6.45) is 0.796. The zero-order valence-electron chi connectivity index (χ0n) is 8.36. The van der Waals surface area contributed by atoms with Crippen LogP contribution in [0, 0.1) is 0 Å². The summed E-state index contributed by atoms with van der Waals surface area (Å²) in [7, 11) is 0. The van der Waals surface area contributed by atoms with E-state index in [0.29, 0.717) is 0 Å². The van der Waals surface area contributed by atoms with Gasteiger partial charge in [0.05, 0.1) is 5.60 Å². The van der Waals surface area contributed by atoms with E-state index in [2.05, 4.69) is 26.1 Å². The molecule has 0 amide bonds. The second kappa shape index (κ2) is 3.55. The minimum atomic E-state index is -0.543. The Morgan fingerprint density at radius 2 is 1.55 bits per heavy atom. The van der Waals surface area contributed by atoms with Crippen molar-refractivity contribution in [3.63, 3.8) is 0 Å². The Morgan fingerprint density at radius 1 is 1.09 bits per heavy atom. The maximum atomic E-state index is 9.37. The molecule has 0 saturated heterocycles. The highest BCUT2D eigenvalue weighted by Gasteiger charge is 2.14. The van der Waals surface area contributed by atoms with Crippen LogP contribution in [0.3, 0.4) is 0 Å². The van der Waals surface area contributed by atoms with Gasteiger partial charge in [-0.1, -0.05) is 0 Å². The zero-order valence-corrected chi connectivity index (χ0v) is 8.36. The molecule has 0 atom stereocenters. The first kappa shape index (κ1) is 10.9. The lowest BCUT2D eigenvalue weighted by Gasteiger charge is -2.23. The topological polar surface area (TPSA) is 32.3 Å². The fraction of sp³-hybridized carbons (Fsp3) is 1.00. The molecule has 0 aromatic heterocycles. The fourth-order valence-corrected chi connectivity index (χ4v) is 0.743. The molecule has 0 rings (SSSR count). The van der Waals surface area contributed by atoms with Crippen molar-refractivity contribution < 1.29 is 5.11 Å². The number of hydrogen-bond donors (Lipinski definition) is 2. The van der Waals surface area contributed by atoms with Crippen LogP contribution in [-0.4, -0.2) is 22.8 Å². The van der Waals surface area contributed by atoms with Gasteiger partial charge in [0.1, 0.15) is 0 Å². The Balaban J connectivity index is 3.44. The maximum absolute atomic E-state index is 9.37. The van der Waals surface area contributed by atoms with Crippen LogP contribution < -0.4 is 5.32 Å². The van der Waals surface area contributed by atoms with Crippen LogP contribution in [0.1, 0.15) is 41.0 Å². The van der Waals surface area contributed by atoms with Gasteiger partial charge >= 0.3 is 0 Å². The molecule has 0 saturated carbocycles. The van der Waals surface area contributed by atoms with E-state index >= 15 is 0 Å². The van der Waals surface area contributed by atoms with Gasteiger partial charge in [-0.25, -0.2) is 0 Å². The highest BCUT2D eigenvalue weighted by atomic mass is 16.3. The monoisotopic (exact) mass is 159 g/mol. The van der Waals surface area contributed by atoms with Crippen molar-refractivity contribution in [1.29, 1.82) is 0 Å². The molecule has 0 spiro atoms. The Hall–Kier alpha value is -0.0800. The van der Waals surface area contributed by atoms with E-state index in [4.69, 9.17) is 0 Å². The first-order valence-electron chi connectivity index (χ1n) is 4.18. The Morgan fingerprint density at radius 3 is 1.82 bits per heavy atom. The van der Waals surface area contributed by atoms with Crippen molar-refractivity contribution in [3.8, 4) is 0 Å². The summed E-state index contributed by atoms with van der Waals surface area (Å²) in [5.74, 6) is 0. The summed E-state index contributed by atoms with van der Waals surface area (Å²) >= 11 is 0. The van der Waals surface area contributed by atoms with Crippen molar-refractivity contribution in [1.82, 2.24) is 5.32 Å². The summed E-state index contributed by atoms with van der Waals surface area (Å²) < 4.78 is 0. The summed E-state index contributed by atoms with van der Waals surface area (Å²) in [5.41, 5.74) is -0.385. The number of rotatable bonds is 3. The second-order valence-electron chi connectivity index (χ2n) is 4.74. The van der Waals surface area contributed by atoms with Gasteiger partial charge in [0.15, 0.2) is 0 Å². The molecule has 0 aromatic carbocycles. The van der Waals surface area contributed by atoms with E-state index in [-0.39, 0.29) is 5.54 Å². The average Bonchev–Trinajstić information content (AvgIpc) is 1.55. The zero-order chi connectivity index (χ0) is 9.12. The van der Waals surface area contributed by atoms with Crippen molar-refractivity contribution >= 4 is 0 Å². The van der Waals surface area contributed by atoms with Gasteiger partial charge in [-0.2, -0.15) is 0 Å². The fourth-order valence-electron chi connectivity index (χ4n) is 0.743. The minimum Gasteiger partial charge on any atom is -0.390 e. The third-order valence-electron chi connectivity index (χ3n) is 1.39. The first-order chi connectivity index (χ1) is 4.71. The molecule has 0 heterocycles. The highest BCUT2D eigenvalue weighted by Crippen LogP contribution is 2.07. The molecule has 0 unspecified atom stereocenters. The molecular weight excluding hydrogens is 138 g/mol. The predicted molar refractivity (Wildman–Crippen MR) is 48.7 cm³/mol. The molecular formula is C9H21NO. The van der Waals surface area contributed by atoms with Crippen LogP contribution in [0.5, 0.6) is 0 Å². The molecule has 0 radical (unpaired) electrons. The van der Waals surface area contributed by atoms with Gasteiger partial charge in [-0.05, 0) is 47.6 Å². The highest BCUT2D eigenvalue weighted by molar-refractivity contribution is 4.73. The van der Waals surface area contributed by atoms with Crippen LogP contribution in [0.15, 0.2) is 0 Å². The number of nitrogens with one attached hydrogen (secondary N) is 1. The summed E-state index contributed by atoms with van der Waals surface area (Å²) in [4.78, 5) is 0. The smallest absolute Gasteiger partial charge is 0.0603 e. The quantitative estimate of drug-likeness (QED) is 0.654. The lowest BCUT2D eigenvalue weighted by atomic mass is 10.0. The summed E-state index contributed by atoms with van der Waals surface area (Å²) in [6, 6.07) is 0. The van der Waals surface area contributed by atoms with Crippen LogP contribution in [0.25, 0.3) is 0 Å². The van der Waals surface area contributed by atoms with Crippen LogP contribution in [0.4, 0.5) is 0 Å². The predicted octanol–water partition coefficient (Wildman–Crippen LogP) is 1.54. The lowest BCUT2D eigenvalue weighted by Crippen LogP contribution is -2.38. The maximum Gasteiger partial charge on any atom is 0.0603 e. The molecule has 68 valence electrons. The van der Waals surface area contributed by atoms with E-state index in [0.717, 1.165) is 13.0 Å². The molecule has 0 fully saturated rings. The molecule has 0 aliphatic heterocycles. The normalized spacial score (nSPS) is 13.6. The molecule has 2 heteroatoms. The SMILES string of the molecule is CC(C)(O)CCNC(C)(C)C. The summed E-state index contributed by atoms with van der Waals surface area (Å²) in [5, 5.41) is 12.7. The number of hydrogen-bond acceptors (Lipinski definition) is 2. The van der Waals surface area contributed by atoms with E-state index in [1.807, 2.05) is 13.8 Å². The van der Waals surface area contributed by atoms with Gasteiger partial charge in [-0.3, -0.25) is 0 Å². The van der Waals surface area contributed by atoms with Gasteiger partial charge in [0.25, 0.3) is 0 Å². The van der Waals surface area contributed by atoms with Gasteiger partial charge < -0.3 is 10.4 Å². The third-order valence-corrected chi connectivity index (χ3v) is 1.39. The molecule has 11 heavy (non-hydrogen) atoms. The Bertz CT molecular complexity index is 93.7. The lowest BCUT2D eigenvalue weighted by molar-refractivity contribution is 0.0694. The van der Waals surface area contributed by atoms with Crippen LogP contribution in [-0.2, 0) is 0 Å². The van der Waals surface area contributed by atoms with Crippen molar-refractivity contribution in [2.45, 2.75) is 52.2 Å². The molecule has 0 aliphatic rings. The van der Waals surface area contributed by atoms with E-state index in [1.54, 1.807) is 0 Å². The Labute approximate surface area is 70.0 Å². The van der Waals surface area contributed by atoms with E-state index in [9.17, 15) is 5.11 Å². The average molecular weight is 159 g/mol. The third kappa shape index (κ3) is 9.92. The largest absolute Gasteiger partial charge is 0.390 e. The molecule has 2 nitrogen and oxygen atoms in total. The van der Waals surface area contributed by atoms with Gasteiger partial charge in [0, 0.05) is 5.54 Å². The minimum absolute atomic E-state index is 0.158. The summed E-state index contributed by atoms with van der Waals surface area (Å²) in [6.45, 7) is 10.9. The van der Waals surface area contributed by atoms with Crippen LogP contribution in [0.2, 0.25) is 0 Å². The van der Waals surface area contributed by atoms with Crippen LogP contribution >= 0.6 is 0 Å². The van der Waals surface area contributed by atoms with Crippen molar-refractivity contribution in [3.05, 3.63) is 0 Å². The molecule has 0 aromatic rings. The first-order valence-corrected chi connectivity index (χ1v) is 4.18. The van der Waals surface area contributed by atoms with E-state index < -0.39 is 5.60 Å².